The number of nitrogens with two attached hydrogens (primary N) is 1. The van der Waals surface area contributed by atoms with E-state index in [1.54, 1.807) is 6.26 Å². The normalized spacial score (nSPS) is 14.6. The van der Waals surface area contributed by atoms with E-state index in [1.807, 2.05) is 25.1 Å². The molecule has 0 saturated heterocycles. The van der Waals surface area contributed by atoms with Crippen molar-refractivity contribution in [3.63, 3.8) is 0 Å². The quantitative estimate of drug-likeness (QED) is 0.833. The summed E-state index contributed by atoms with van der Waals surface area (Å²) in [6, 6.07) is 5.87. The van der Waals surface area contributed by atoms with E-state index >= 15 is 0 Å². The number of hydrogen-bond acceptors (Lipinski definition) is 3. The van der Waals surface area contributed by atoms with Crippen molar-refractivity contribution in [3.05, 3.63) is 24.0 Å². The van der Waals surface area contributed by atoms with Gasteiger partial charge in [-0.05, 0) is 31.0 Å². The van der Waals surface area contributed by atoms with Crippen LogP contribution in [0.25, 0.3) is 11.0 Å². The van der Waals surface area contributed by atoms with Gasteiger partial charge in [0.25, 0.3) is 0 Å². The molecule has 5 heteroatoms. The van der Waals surface area contributed by atoms with Gasteiger partial charge in [-0.2, -0.15) is 0 Å². The van der Waals surface area contributed by atoms with E-state index in [0.717, 1.165) is 48.4 Å². The number of aryl methyl sites for hydroxylation is 2. The van der Waals surface area contributed by atoms with E-state index in [4.69, 9.17) is 10.7 Å². The van der Waals surface area contributed by atoms with Gasteiger partial charge < -0.3 is 10.3 Å². The summed E-state index contributed by atoms with van der Waals surface area (Å²) >= 11 is 0. The first kappa shape index (κ1) is 15.0. The van der Waals surface area contributed by atoms with Crippen molar-refractivity contribution in [3.8, 4) is 0 Å². The van der Waals surface area contributed by atoms with Crippen molar-refractivity contribution in [2.75, 3.05) is 12.0 Å². The number of aromatic nitrogens is 2. The third kappa shape index (κ3) is 3.20. The molecule has 4 nitrogen and oxygen atoms in total. The Morgan fingerprint density at radius 3 is 2.85 bits per heavy atom. The third-order valence-corrected chi connectivity index (χ3v) is 5.02. The van der Waals surface area contributed by atoms with Gasteiger partial charge in [-0.25, -0.2) is 4.98 Å². The summed E-state index contributed by atoms with van der Waals surface area (Å²) in [4.78, 5) is 4.69. The molecule has 0 radical (unpaired) electrons. The Bertz CT molecular complexity index is 621. The van der Waals surface area contributed by atoms with Crippen LogP contribution in [0, 0.1) is 0 Å². The molecule has 2 unspecified atom stereocenters. The van der Waals surface area contributed by atoms with Crippen LogP contribution in [0.4, 0.5) is 5.69 Å². The molecule has 2 aromatic rings. The first-order valence-corrected chi connectivity index (χ1v) is 8.72. The first-order valence-electron chi connectivity index (χ1n) is 7.09. The summed E-state index contributed by atoms with van der Waals surface area (Å²) in [5, 5.41) is 0.204. The van der Waals surface area contributed by atoms with Crippen molar-refractivity contribution in [1.29, 1.82) is 0 Å². The fourth-order valence-corrected chi connectivity index (χ4v) is 2.77. The lowest BCUT2D eigenvalue weighted by Gasteiger charge is -2.12. The number of nitrogens with zero attached hydrogens (tertiary/aromatic N) is 2. The monoisotopic (exact) mass is 293 g/mol. The third-order valence-electron chi connectivity index (χ3n) is 3.65. The van der Waals surface area contributed by atoms with Crippen molar-refractivity contribution < 1.29 is 4.21 Å². The number of fused-ring (bicyclic) bond motifs is 1. The summed E-state index contributed by atoms with van der Waals surface area (Å²) in [5.41, 5.74) is 8.65. The Kier molecular flexibility index (Phi) is 4.81. The molecule has 0 fully saturated rings. The molecule has 0 bridgehead atoms. The molecule has 0 aliphatic heterocycles. The summed E-state index contributed by atoms with van der Waals surface area (Å²) in [5.74, 6) is 1.10. The molecule has 1 heterocycles. The summed E-state index contributed by atoms with van der Waals surface area (Å²) in [6.45, 7) is 5.05. The van der Waals surface area contributed by atoms with Crippen molar-refractivity contribution in [2.45, 2.75) is 44.9 Å². The molecule has 0 aliphatic rings. The van der Waals surface area contributed by atoms with Crippen LogP contribution in [-0.4, -0.2) is 25.3 Å². The summed E-state index contributed by atoms with van der Waals surface area (Å²) in [7, 11) is -0.773. The molecule has 1 aromatic heterocycles. The Morgan fingerprint density at radius 2 is 2.20 bits per heavy atom. The van der Waals surface area contributed by atoms with Crippen molar-refractivity contribution in [1.82, 2.24) is 9.55 Å². The molecule has 2 N–H and O–H groups in total. The topological polar surface area (TPSA) is 60.9 Å². The summed E-state index contributed by atoms with van der Waals surface area (Å²) < 4.78 is 13.7. The van der Waals surface area contributed by atoms with Crippen LogP contribution in [-0.2, 0) is 23.8 Å². The number of anilines is 1. The zero-order valence-electron chi connectivity index (χ0n) is 12.4. The fraction of sp³-hybridized carbons (Fsp3) is 0.533. The Labute approximate surface area is 122 Å². The maximum Gasteiger partial charge on any atom is 0.109 e. The van der Waals surface area contributed by atoms with Gasteiger partial charge in [0, 0.05) is 41.0 Å². The maximum absolute atomic E-state index is 11.5. The van der Waals surface area contributed by atoms with Crippen molar-refractivity contribution >= 4 is 27.5 Å². The Morgan fingerprint density at radius 1 is 1.45 bits per heavy atom. The molecule has 1 aromatic carbocycles. The number of hydrogen-bond donors (Lipinski definition) is 1. The van der Waals surface area contributed by atoms with Gasteiger partial charge in [-0.1, -0.05) is 13.8 Å². The van der Waals surface area contributed by atoms with E-state index in [2.05, 4.69) is 11.5 Å². The van der Waals surface area contributed by atoms with Crippen LogP contribution >= 0.6 is 0 Å². The van der Waals surface area contributed by atoms with E-state index in [0.29, 0.717) is 0 Å². The Hall–Kier alpha value is -1.36. The van der Waals surface area contributed by atoms with E-state index in [1.165, 1.54) is 0 Å². The second-order valence-electron chi connectivity index (χ2n) is 5.28. The predicted molar refractivity (Wildman–Crippen MR) is 86.3 cm³/mol. The number of nitrogen functional groups attached to an aromatic ring is 1. The molecule has 110 valence electrons. The lowest BCUT2D eigenvalue weighted by molar-refractivity contribution is 0.604. The average Bonchev–Trinajstić information content (AvgIpc) is 2.72. The van der Waals surface area contributed by atoms with Gasteiger partial charge in [0.15, 0.2) is 0 Å². The van der Waals surface area contributed by atoms with E-state index in [9.17, 15) is 4.21 Å². The van der Waals surface area contributed by atoms with Gasteiger partial charge in [0.05, 0.1) is 11.0 Å². The highest BCUT2D eigenvalue weighted by molar-refractivity contribution is 7.84. The second-order valence-corrected chi connectivity index (χ2v) is 7.08. The van der Waals surface area contributed by atoms with E-state index < -0.39 is 10.8 Å². The lowest BCUT2D eigenvalue weighted by Crippen LogP contribution is -2.14. The highest BCUT2D eigenvalue weighted by Gasteiger charge is 2.13. The SMILES string of the molecule is CCCc1nc2cc(N)ccc2n1CCC(C)S(C)=O. The van der Waals surface area contributed by atoms with Gasteiger partial charge in [-0.3, -0.25) is 4.21 Å². The number of benzene rings is 1. The maximum atomic E-state index is 11.5. The standard InChI is InChI=1S/C15H23N3OS/c1-4-5-15-17-13-10-12(16)6-7-14(13)18(15)9-8-11(2)20(3)19/h6-7,10-11H,4-5,8-9,16H2,1-3H3. The van der Waals surface area contributed by atoms with Crippen LogP contribution in [0.15, 0.2) is 18.2 Å². The number of rotatable bonds is 6. The average molecular weight is 293 g/mol. The highest BCUT2D eigenvalue weighted by atomic mass is 32.2. The zero-order chi connectivity index (χ0) is 14.7. The second kappa shape index (κ2) is 6.39. The Balaban J connectivity index is 2.33. The van der Waals surface area contributed by atoms with Gasteiger partial charge in [0.2, 0.25) is 0 Å². The largest absolute Gasteiger partial charge is 0.399 e. The van der Waals surface area contributed by atoms with Gasteiger partial charge >= 0.3 is 0 Å². The van der Waals surface area contributed by atoms with Crippen LogP contribution in [0.3, 0.4) is 0 Å². The molecular formula is C15H23N3OS. The molecule has 0 spiro atoms. The molecule has 0 saturated carbocycles. The molecule has 2 atom stereocenters. The predicted octanol–water partition coefficient (Wildman–Crippen LogP) is 2.73. The first-order chi connectivity index (χ1) is 9.52. The van der Waals surface area contributed by atoms with Crippen LogP contribution in [0.5, 0.6) is 0 Å². The van der Waals surface area contributed by atoms with Gasteiger partial charge in [0.1, 0.15) is 5.82 Å². The molecule has 0 aliphatic carbocycles. The summed E-state index contributed by atoms with van der Waals surface area (Å²) in [6.07, 6.45) is 4.69. The molecule has 20 heavy (non-hydrogen) atoms. The van der Waals surface area contributed by atoms with E-state index in [-0.39, 0.29) is 5.25 Å². The lowest BCUT2D eigenvalue weighted by atomic mass is 10.2. The number of imidazole rings is 1. The van der Waals surface area contributed by atoms with Crippen molar-refractivity contribution in [2.24, 2.45) is 0 Å². The molecule has 2 rings (SSSR count). The highest BCUT2D eigenvalue weighted by Crippen LogP contribution is 2.21. The molecular weight excluding hydrogens is 270 g/mol. The minimum Gasteiger partial charge on any atom is -0.399 e. The van der Waals surface area contributed by atoms with Crippen LogP contribution < -0.4 is 5.73 Å². The minimum absolute atomic E-state index is 0.204. The fourth-order valence-electron chi connectivity index (χ4n) is 2.34. The zero-order valence-corrected chi connectivity index (χ0v) is 13.2. The van der Waals surface area contributed by atoms with Crippen LogP contribution in [0.2, 0.25) is 0 Å². The molecule has 0 amide bonds. The van der Waals surface area contributed by atoms with Gasteiger partial charge in [-0.15, -0.1) is 0 Å². The van der Waals surface area contributed by atoms with Crippen LogP contribution in [0.1, 0.15) is 32.5 Å². The minimum atomic E-state index is -0.773. The smallest absolute Gasteiger partial charge is 0.109 e.